The number of benzene rings is 2. The molecule has 2 aromatic rings. The third-order valence-corrected chi connectivity index (χ3v) is 4.05. The minimum Gasteiger partial charge on any atom is -0.484 e. The lowest BCUT2D eigenvalue weighted by molar-refractivity contribution is -0.133. The van der Waals surface area contributed by atoms with E-state index in [9.17, 15) is 14.0 Å². The molecule has 2 aromatic carbocycles. The smallest absolute Gasteiger partial charge is 0.260 e. The summed E-state index contributed by atoms with van der Waals surface area (Å²) in [6.45, 7) is 2.95. The minimum absolute atomic E-state index is 0.0226. The normalized spacial score (nSPS) is 14.2. The number of piperazine rings is 1. The summed E-state index contributed by atoms with van der Waals surface area (Å²) in [5, 5.41) is 3.19. The van der Waals surface area contributed by atoms with Crippen LogP contribution in [0, 0.1) is 5.82 Å². The predicted molar refractivity (Wildman–Crippen MR) is 91.2 cm³/mol. The van der Waals surface area contributed by atoms with Crippen molar-refractivity contribution in [3.8, 4) is 5.75 Å². The van der Waals surface area contributed by atoms with Crippen molar-refractivity contribution in [2.45, 2.75) is 0 Å². The molecule has 0 saturated carbocycles. The number of ketones is 1. The maximum atomic E-state index is 12.9. The highest BCUT2D eigenvalue weighted by Gasteiger charge is 2.16. The molecule has 1 N–H and O–H groups in total. The first kappa shape index (κ1) is 17.1. The van der Waals surface area contributed by atoms with E-state index in [4.69, 9.17) is 4.74 Å². The standard InChI is InChI=1S/C19H19FN2O3/c20-16-5-1-14(2-6-16)19(24)15-3-7-17(8-4-15)25-13-18(23)22-11-9-21-10-12-22/h1-8,21H,9-13H2. The van der Waals surface area contributed by atoms with Crippen LogP contribution in [-0.4, -0.2) is 49.4 Å². The fourth-order valence-corrected chi connectivity index (χ4v) is 2.62. The summed E-state index contributed by atoms with van der Waals surface area (Å²) in [5.41, 5.74) is 0.899. The van der Waals surface area contributed by atoms with E-state index in [-0.39, 0.29) is 24.1 Å². The average Bonchev–Trinajstić information content (AvgIpc) is 2.67. The van der Waals surface area contributed by atoms with Crippen LogP contribution < -0.4 is 10.1 Å². The number of carbonyl (C=O) groups excluding carboxylic acids is 2. The van der Waals surface area contributed by atoms with Gasteiger partial charge in [0, 0.05) is 37.3 Å². The van der Waals surface area contributed by atoms with E-state index in [1.807, 2.05) is 0 Å². The van der Waals surface area contributed by atoms with Gasteiger partial charge in [-0.05, 0) is 48.5 Å². The molecule has 5 nitrogen and oxygen atoms in total. The zero-order valence-electron chi connectivity index (χ0n) is 13.7. The summed E-state index contributed by atoms with van der Waals surface area (Å²) >= 11 is 0. The third kappa shape index (κ3) is 4.42. The summed E-state index contributed by atoms with van der Waals surface area (Å²) in [6.07, 6.45) is 0. The number of hydrogen-bond donors (Lipinski definition) is 1. The van der Waals surface area contributed by atoms with Gasteiger partial charge in [-0.1, -0.05) is 0 Å². The molecule has 130 valence electrons. The zero-order chi connectivity index (χ0) is 17.6. The number of rotatable bonds is 5. The van der Waals surface area contributed by atoms with Crippen LogP contribution in [-0.2, 0) is 4.79 Å². The van der Waals surface area contributed by atoms with Crippen molar-refractivity contribution in [2.24, 2.45) is 0 Å². The number of nitrogens with zero attached hydrogens (tertiary/aromatic N) is 1. The van der Waals surface area contributed by atoms with E-state index in [1.54, 1.807) is 29.2 Å². The van der Waals surface area contributed by atoms with Gasteiger partial charge in [-0.2, -0.15) is 0 Å². The van der Waals surface area contributed by atoms with Crippen LogP contribution in [0.5, 0.6) is 5.75 Å². The molecule has 1 aliphatic rings. The molecule has 0 atom stereocenters. The van der Waals surface area contributed by atoms with E-state index in [0.29, 0.717) is 30.0 Å². The summed E-state index contributed by atoms with van der Waals surface area (Å²) in [4.78, 5) is 26.1. The molecule has 3 rings (SSSR count). The maximum Gasteiger partial charge on any atom is 0.260 e. The molecule has 0 bridgehead atoms. The SMILES string of the molecule is O=C(c1ccc(F)cc1)c1ccc(OCC(=O)N2CCNCC2)cc1. The van der Waals surface area contributed by atoms with Gasteiger partial charge in [0.15, 0.2) is 12.4 Å². The molecular weight excluding hydrogens is 323 g/mol. The number of ether oxygens (including phenoxy) is 1. The van der Waals surface area contributed by atoms with Gasteiger partial charge in [0.1, 0.15) is 11.6 Å². The molecule has 1 amide bonds. The van der Waals surface area contributed by atoms with Crippen molar-refractivity contribution in [3.05, 3.63) is 65.5 Å². The Kier molecular flexibility index (Phi) is 5.40. The van der Waals surface area contributed by atoms with E-state index >= 15 is 0 Å². The Morgan fingerprint density at radius 2 is 1.52 bits per heavy atom. The second-order valence-corrected chi connectivity index (χ2v) is 5.78. The third-order valence-electron chi connectivity index (χ3n) is 4.05. The van der Waals surface area contributed by atoms with Crippen molar-refractivity contribution in [2.75, 3.05) is 32.8 Å². The molecule has 0 aromatic heterocycles. The monoisotopic (exact) mass is 342 g/mol. The molecule has 0 spiro atoms. The van der Waals surface area contributed by atoms with Crippen molar-refractivity contribution in [3.63, 3.8) is 0 Å². The number of nitrogens with one attached hydrogen (secondary N) is 1. The number of hydrogen-bond acceptors (Lipinski definition) is 4. The van der Waals surface area contributed by atoms with Crippen LogP contribution >= 0.6 is 0 Å². The Hall–Kier alpha value is -2.73. The van der Waals surface area contributed by atoms with Gasteiger partial charge in [0.25, 0.3) is 5.91 Å². The molecule has 1 fully saturated rings. The first-order valence-corrected chi connectivity index (χ1v) is 8.15. The Morgan fingerprint density at radius 3 is 2.12 bits per heavy atom. The van der Waals surface area contributed by atoms with Gasteiger partial charge in [-0.15, -0.1) is 0 Å². The highest BCUT2D eigenvalue weighted by atomic mass is 19.1. The second kappa shape index (κ2) is 7.90. The van der Waals surface area contributed by atoms with Crippen molar-refractivity contribution < 1.29 is 18.7 Å². The summed E-state index contributed by atoms with van der Waals surface area (Å²) in [5.74, 6) is -0.0926. The molecule has 1 saturated heterocycles. The predicted octanol–water partition coefficient (Wildman–Crippen LogP) is 1.87. The van der Waals surface area contributed by atoms with Crippen LogP contribution in [0.1, 0.15) is 15.9 Å². The lowest BCUT2D eigenvalue weighted by Gasteiger charge is -2.27. The number of amides is 1. The van der Waals surface area contributed by atoms with E-state index in [0.717, 1.165) is 13.1 Å². The lowest BCUT2D eigenvalue weighted by Crippen LogP contribution is -2.47. The van der Waals surface area contributed by atoms with Crippen molar-refractivity contribution in [1.29, 1.82) is 0 Å². The molecule has 0 unspecified atom stereocenters. The fraction of sp³-hybridized carbons (Fsp3) is 0.263. The maximum absolute atomic E-state index is 12.9. The largest absolute Gasteiger partial charge is 0.484 e. The highest BCUT2D eigenvalue weighted by Crippen LogP contribution is 2.16. The number of carbonyl (C=O) groups is 2. The van der Waals surface area contributed by atoms with Crippen LogP contribution in [0.2, 0.25) is 0 Å². The van der Waals surface area contributed by atoms with Crippen molar-refractivity contribution >= 4 is 11.7 Å². The van der Waals surface area contributed by atoms with Crippen molar-refractivity contribution in [1.82, 2.24) is 10.2 Å². The minimum atomic E-state index is -0.380. The topological polar surface area (TPSA) is 58.6 Å². The van der Waals surface area contributed by atoms with Gasteiger partial charge in [-0.25, -0.2) is 4.39 Å². The Labute approximate surface area is 145 Å². The molecule has 0 radical (unpaired) electrons. The molecule has 25 heavy (non-hydrogen) atoms. The summed E-state index contributed by atoms with van der Waals surface area (Å²) in [6, 6.07) is 12.0. The highest BCUT2D eigenvalue weighted by molar-refractivity contribution is 6.09. The van der Waals surface area contributed by atoms with E-state index < -0.39 is 0 Å². The first-order chi connectivity index (χ1) is 12.1. The Morgan fingerprint density at radius 1 is 0.960 bits per heavy atom. The first-order valence-electron chi connectivity index (χ1n) is 8.15. The quantitative estimate of drug-likeness (QED) is 0.843. The average molecular weight is 342 g/mol. The van der Waals surface area contributed by atoms with E-state index in [1.165, 1.54) is 24.3 Å². The Balaban J connectivity index is 1.57. The van der Waals surface area contributed by atoms with E-state index in [2.05, 4.69) is 5.32 Å². The van der Waals surface area contributed by atoms with Gasteiger partial charge in [-0.3, -0.25) is 9.59 Å². The van der Waals surface area contributed by atoms with Crippen LogP contribution in [0.3, 0.4) is 0 Å². The molecule has 1 aliphatic heterocycles. The fourth-order valence-electron chi connectivity index (χ4n) is 2.62. The van der Waals surface area contributed by atoms with Crippen LogP contribution in [0.4, 0.5) is 4.39 Å². The second-order valence-electron chi connectivity index (χ2n) is 5.78. The summed E-state index contributed by atoms with van der Waals surface area (Å²) < 4.78 is 18.4. The van der Waals surface area contributed by atoms with Crippen LogP contribution in [0.15, 0.2) is 48.5 Å². The van der Waals surface area contributed by atoms with Gasteiger partial charge >= 0.3 is 0 Å². The lowest BCUT2D eigenvalue weighted by atomic mass is 10.0. The molecule has 0 aliphatic carbocycles. The van der Waals surface area contributed by atoms with Gasteiger partial charge in [0.05, 0.1) is 0 Å². The Bertz CT molecular complexity index is 738. The molecule has 1 heterocycles. The van der Waals surface area contributed by atoms with Crippen LogP contribution in [0.25, 0.3) is 0 Å². The van der Waals surface area contributed by atoms with Gasteiger partial charge in [0.2, 0.25) is 0 Å². The number of halogens is 1. The summed E-state index contributed by atoms with van der Waals surface area (Å²) in [7, 11) is 0. The molecule has 6 heteroatoms. The van der Waals surface area contributed by atoms with Gasteiger partial charge < -0.3 is 15.0 Å². The molecular formula is C19H19FN2O3. The zero-order valence-corrected chi connectivity index (χ0v) is 13.7.